The summed E-state index contributed by atoms with van der Waals surface area (Å²) in [6, 6.07) is 0.546. The van der Waals surface area contributed by atoms with Crippen molar-refractivity contribution in [1.29, 1.82) is 0 Å². The van der Waals surface area contributed by atoms with Crippen LogP contribution < -0.4 is 5.32 Å². The molecule has 1 N–H and O–H groups in total. The first kappa shape index (κ1) is 24.0. The Kier molecular flexibility index (Phi) is 16.3. The number of nitrogens with one attached hydrogen (secondary N) is 1. The van der Waals surface area contributed by atoms with Crippen LogP contribution >= 0.6 is 0 Å². The normalized spacial score (nSPS) is 21.3. The number of rotatable bonds is 5. The van der Waals surface area contributed by atoms with Gasteiger partial charge >= 0.3 is 0 Å². The smallest absolute Gasteiger partial charge is 0.0341 e. The van der Waals surface area contributed by atoms with Crippen LogP contribution in [0.5, 0.6) is 0 Å². The molecular formula is C22H41N. The molecule has 134 valence electrons. The number of allylic oxidation sites excluding steroid dienone is 5. The lowest BCUT2D eigenvalue weighted by Crippen LogP contribution is -2.25. The minimum absolute atomic E-state index is 0.546. The van der Waals surface area contributed by atoms with E-state index >= 15 is 0 Å². The summed E-state index contributed by atoms with van der Waals surface area (Å²) in [5.41, 5.74) is 4.31. The SMILES string of the molecule is C/C=C\C(=C/C(C)C)NC1CC(=C/C)/C(=C\CC)C1.CC.CC. The van der Waals surface area contributed by atoms with Gasteiger partial charge in [-0.15, -0.1) is 0 Å². The van der Waals surface area contributed by atoms with E-state index in [1.807, 2.05) is 27.7 Å². The second-order valence-electron chi connectivity index (χ2n) is 5.57. The Morgan fingerprint density at radius 3 is 2.09 bits per heavy atom. The summed E-state index contributed by atoms with van der Waals surface area (Å²) in [7, 11) is 0. The lowest BCUT2D eigenvalue weighted by atomic mass is 10.1. The molecule has 0 heterocycles. The van der Waals surface area contributed by atoms with E-state index in [0.717, 1.165) is 19.3 Å². The van der Waals surface area contributed by atoms with Gasteiger partial charge in [0.05, 0.1) is 0 Å². The van der Waals surface area contributed by atoms with E-state index in [1.54, 1.807) is 0 Å². The van der Waals surface area contributed by atoms with Crippen molar-refractivity contribution in [2.45, 2.75) is 87.6 Å². The second-order valence-corrected chi connectivity index (χ2v) is 5.57. The minimum Gasteiger partial charge on any atom is -0.382 e. The lowest BCUT2D eigenvalue weighted by Gasteiger charge is -2.15. The highest BCUT2D eigenvalue weighted by Gasteiger charge is 2.23. The third kappa shape index (κ3) is 10.2. The van der Waals surface area contributed by atoms with E-state index < -0.39 is 0 Å². The Morgan fingerprint density at radius 2 is 1.65 bits per heavy atom. The minimum atomic E-state index is 0.546. The van der Waals surface area contributed by atoms with Gasteiger partial charge in [0.1, 0.15) is 0 Å². The van der Waals surface area contributed by atoms with Gasteiger partial charge in [-0.2, -0.15) is 0 Å². The van der Waals surface area contributed by atoms with Crippen molar-refractivity contribution in [3.05, 3.63) is 47.2 Å². The van der Waals surface area contributed by atoms with Crippen LogP contribution in [0.4, 0.5) is 0 Å². The first-order chi connectivity index (χ1) is 11.1. The summed E-state index contributed by atoms with van der Waals surface area (Å²) >= 11 is 0. The van der Waals surface area contributed by atoms with E-state index in [2.05, 4.69) is 70.3 Å². The molecule has 1 fully saturated rings. The predicted octanol–water partition coefficient (Wildman–Crippen LogP) is 7.19. The molecule has 0 aromatic rings. The third-order valence-corrected chi connectivity index (χ3v) is 3.37. The molecule has 0 aromatic heterocycles. The molecule has 1 aliphatic rings. The highest BCUT2D eigenvalue weighted by atomic mass is 14.9. The van der Waals surface area contributed by atoms with E-state index in [1.165, 1.54) is 16.8 Å². The standard InChI is InChI=1S/C18H29N.2C2H6/c1-6-9-16-13-18(12-15(16)8-3)19-17(10-7-2)11-14(4)5;2*1-2/h7-11,14,18-19H,6,12-13H2,1-5H3;2*1-2H3/b10-7-,15-8-,16-9-,17-11+;;. The molecule has 0 radical (unpaired) electrons. The van der Waals surface area contributed by atoms with Crippen LogP contribution in [0.1, 0.15) is 81.6 Å². The van der Waals surface area contributed by atoms with Crippen LogP contribution in [0.2, 0.25) is 0 Å². The van der Waals surface area contributed by atoms with Gasteiger partial charge in [-0.3, -0.25) is 0 Å². The first-order valence-corrected chi connectivity index (χ1v) is 9.56. The zero-order valence-corrected chi connectivity index (χ0v) is 17.2. The summed E-state index contributed by atoms with van der Waals surface area (Å²) in [4.78, 5) is 0. The molecule has 0 amide bonds. The van der Waals surface area contributed by atoms with Crippen molar-refractivity contribution in [2.75, 3.05) is 0 Å². The first-order valence-electron chi connectivity index (χ1n) is 9.56. The molecule has 0 spiro atoms. The van der Waals surface area contributed by atoms with Crippen molar-refractivity contribution < 1.29 is 0 Å². The molecule has 1 unspecified atom stereocenters. The van der Waals surface area contributed by atoms with Gasteiger partial charge in [0, 0.05) is 11.7 Å². The molecule has 23 heavy (non-hydrogen) atoms. The van der Waals surface area contributed by atoms with Crippen molar-refractivity contribution in [3.63, 3.8) is 0 Å². The predicted molar refractivity (Wildman–Crippen MR) is 109 cm³/mol. The van der Waals surface area contributed by atoms with E-state index in [0.29, 0.717) is 12.0 Å². The molecule has 0 aliphatic heterocycles. The number of hydrogen-bond donors (Lipinski definition) is 1. The van der Waals surface area contributed by atoms with Crippen LogP contribution in [0.3, 0.4) is 0 Å². The molecule has 1 atom stereocenters. The van der Waals surface area contributed by atoms with E-state index in [9.17, 15) is 0 Å². The number of hydrogen-bond acceptors (Lipinski definition) is 1. The summed E-state index contributed by atoms with van der Waals surface area (Å²) < 4.78 is 0. The van der Waals surface area contributed by atoms with Crippen LogP contribution in [-0.2, 0) is 0 Å². The maximum absolute atomic E-state index is 3.69. The van der Waals surface area contributed by atoms with Gasteiger partial charge in [-0.05, 0) is 56.3 Å². The van der Waals surface area contributed by atoms with Gasteiger partial charge in [0.15, 0.2) is 0 Å². The highest BCUT2D eigenvalue weighted by Crippen LogP contribution is 2.31. The summed E-state index contributed by atoms with van der Waals surface area (Å²) in [6.45, 7) is 18.9. The second kappa shape index (κ2) is 15.6. The van der Waals surface area contributed by atoms with Crippen LogP contribution in [0, 0.1) is 5.92 Å². The topological polar surface area (TPSA) is 12.0 Å². The van der Waals surface area contributed by atoms with Crippen molar-refractivity contribution in [3.8, 4) is 0 Å². The van der Waals surface area contributed by atoms with Crippen LogP contribution in [-0.4, -0.2) is 6.04 Å². The van der Waals surface area contributed by atoms with Crippen molar-refractivity contribution >= 4 is 0 Å². The Labute approximate surface area is 146 Å². The largest absolute Gasteiger partial charge is 0.382 e. The fraction of sp³-hybridized carbons (Fsp3) is 0.636. The molecular weight excluding hydrogens is 278 g/mol. The molecule has 1 saturated carbocycles. The molecule has 1 rings (SSSR count). The monoisotopic (exact) mass is 319 g/mol. The average molecular weight is 320 g/mol. The lowest BCUT2D eigenvalue weighted by molar-refractivity contribution is 0.607. The summed E-state index contributed by atoms with van der Waals surface area (Å²) in [6.07, 6.45) is 14.7. The maximum atomic E-state index is 3.69. The molecule has 0 aromatic carbocycles. The van der Waals surface area contributed by atoms with Crippen molar-refractivity contribution in [1.82, 2.24) is 5.32 Å². The summed E-state index contributed by atoms with van der Waals surface area (Å²) in [5.74, 6) is 0.576. The third-order valence-electron chi connectivity index (χ3n) is 3.37. The zero-order chi connectivity index (χ0) is 18.3. The molecule has 1 aliphatic carbocycles. The highest BCUT2D eigenvalue weighted by molar-refractivity contribution is 5.38. The Balaban J connectivity index is 0. The van der Waals surface area contributed by atoms with Gasteiger partial charge in [0.2, 0.25) is 0 Å². The Morgan fingerprint density at radius 1 is 1.09 bits per heavy atom. The molecule has 0 bridgehead atoms. The van der Waals surface area contributed by atoms with Crippen LogP contribution in [0.25, 0.3) is 0 Å². The summed E-state index contributed by atoms with van der Waals surface area (Å²) in [5, 5.41) is 3.69. The average Bonchev–Trinajstić information content (AvgIpc) is 2.93. The van der Waals surface area contributed by atoms with Gasteiger partial charge < -0.3 is 5.32 Å². The van der Waals surface area contributed by atoms with E-state index in [-0.39, 0.29) is 0 Å². The Bertz CT molecular complexity index is 394. The van der Waals surface area contributed by atoms with E-state index in [4.69, 9.17) is 0 Å². The maximum Gasteiger partial charge on any atom is 0.0341 e. The Hall–Kier alpha value is -1.24. The molecule has 1 nitrogen and oxygen atoms in total. The van der Waals surface area contributed by atoms with Crippen molar-refractivity contribution in [2.24, 2.45) is 5.92 Å². The molecule has 1 heteroatoms. The zero-order valence-electron chi connectivity index (χ0n) is 17.2. The fourth-order valence-electron chi connectivity index (χ4n) is 2.66. The quantitative estimate of drug-likeness (QED) is 0.529. The van der Waals surface area contributed by atoms with Gasteiger partial charge in [0.25, 0.3) is 0 Å². The molecule has 0 saturated heterocycles. The van der Waals surface area contributed by atoms with Crippen LogP contribution in [0.15, 0.2) is 47.2 Å². The van der Waals surface area contributed by atoms with Gasteiger partial charge in [-0.25, -0.2) is 0 Å². The fourth-order valence-corrected chi connectivity index (χ4v) is 2.66. The van der Waals surface area contributed by atoms with Gasteiger partial charge in [-0.1, -0.05) is 72.8 Å².